The van der Waals surface area contributed by atoms with Crippen molar-refractivity contribution in [1.29, 1.82) is 0 Å². The van der Waals surface area contributed by atoms with Gasteiger partial charge in [-0.3, -0.25) is 19.6 Å². The number of rotatable bonds is 9. The van der Waals surface area contributed by atoms with Crippen molar-refractivity contribution in [2.75, 3.05) is 25.4 Å². The summed E-state index contributed by atoms with van der Waals surface area (Å²) in [6.07, 6.45) is 2.56. The van der Waals surface area contributed by atoms with E-state index in [0.29, 0.717) is 31.0 Å². The van der Waals surface area contributed by atoms with Crippen LogP contribution in [0.2, 0.25) is 0 Å². The molecule has 2 N–H and O–H groups in total. The largest absolute Gasteiger partial charge is 0.343 e. The van der Waals surface area contributed by atoms with Crippen LogP contribution in [0.4, 0.5) is 0 Å². The lowest BCUT2D eigenvalue weighted by atomic mass is 9.97. The van der Waals surface area contributed by atoms with Crippen molar-refractivity contribution in [3.8, 4) is 0 Å². The third-order valence-electron chi connectivity index (χ3n) is 4.56. The van der Waals surface area contributed by atoms with Crippen molar-refractivity contribution < 1.29 is 19.6 Å². The van der Waals surface area contributed by atoms with Gasteiger partial charge in [0.25, 0.3) is 0 Å². The van der Waals surface area contributed by atoms with E-state index in [1.165, 1.54) is 0 Å². The predicted octanol–water partition coefficient (Wildman–Crippen LogP) is 1.50. The second-order valence-corrected chi connectivity index (χ2v) is 8.63. The van der Waals surface area contributed by atoms with Gasteiger partial charge in [-0.25, -0.2) is 5.06 Å². The molecule has 1 saturated heterocycles. The fourth-order valence-corrected chi connectivity index (χ4v) is 4.09. The van der Waals surface area contributed by atoms with E-state index in [0.717, 1.165) is 18.6 Å². The first-order valence-electron chi connectivity index (χ1n) is 8.90. The lowest BCUT2D eigenvalue weighted by Crippen LogP contribution is -2.57. The molecule has 7 nitrogen and oxygen atoms in total. The van der Waals surface area contributed by atoms with Crippen LogP contribution < -0.4 is 5.32 Å². The Kier molecular flexibility index (Phi) is 8.71. The van der Waals surface area contributed by atoms with Crippen molar-refractivity contribution >= 4 is 30.0 Å². The van der Waals surface area contributed by atoms with Crippen molar-refractivity contribution in [3.05, 3.63) is 0 Å². The summed E-state index contributed by atoms with van der Waals surface area (Å²) in [4.78, 5) is 38.0. The highest BCUT2D eigenvalue weighted by atomic mass is 32.2. The highest BCUT2D eigenvalue weighted by Gasteiger charge is 2.42. The minimum absolute atomic E-state index is 0.0681. The molecule has 144 valence electrons. The maximum Gasteiger partial charge on any atom is 0.246 e. The number of likely N-dealkylation sites (N-methyl/N-ethyl adjacent to an activating group) is 1. The number of hydroxylamine groups is 2. The van der Waals surface area contributed by atoms with Crippen molar-refractivity contribution in [3.63, 3.8) is 0 Å². The van der Waals surface area contributed by atoms with Gasteiger partial charge in [0.2, 0.25) is 18.2 Å². The van der Waals surface area contributed by atoms with Gasteiger partial charge in [0, 0.05) is 23.6 Å². The van der Waals surface area contributed by atoms with Gasteiger partial charge >= 0.3 is 0 Å². The zero-order valence-corrected chi connectivity index (χ0v) is 16.5. The molecule has 0 aliphatic carbocycles. The van der Waals surface area contributed by atoms with E-state index >= 15 is 0 Å². The SMILES string of the molecule is CCCCC(CN(O)C=O)C(=O)NC1C(=O)N(CC)CCSC1(C)C. The lowest BCUT2D eigenvalue weighted by Gasteiger charge is -2.34. The molecule has 1 fully saturated rings. The Morgan fingerprint density at radius 1 is 1.52 bits per heavy atom. The molecule has 1 aliphatic rings. The first kappa shape index (κ1) is 21.8. The van der Waals surface area contributed by atoms with Gasteiger partial charge in [-0.2, -0.15) is 11.8 Å². The molecule has 0 saturated carbocycles. The molecule has 0 bridgehead atoms. The number of hydrogen-bond acceptors (Lipinski definition) is 5. The minimum atomic E-state index is -0.625. The first-order chi connectivity index (χ1) is 11.8. The van der Waals surface area contributed by atoms with Crippen LogP contribution in [0.15, 0.2) is 0 Å². The van der Waals surface area contributed by atoms with E-state index < -0.39 is 16.7 Å². The second kappa shape index (κ2) is 10.0. The van der Waals surface area contributed by atoms with E-state index in [9.17, 15) is 19.6 Å². The van der Waals surface area contributed by atoms with Crippen LogP contribution in [0.1, 0.15) is 47.0 Å². The molecule has 25 heavy (non-hydrogen) atoms. The number of unbranched alkanes of at least 4 members (excludes halogenated alkanes) is 1. The molecular weight excluding hydrogens is 342 g/mol. The van der Waals surface area contributed by atoms with E-state index in [2.05, 4.69) is 5.32 Å². The molecule has 2 atom stereocenters. The number of carbonyl (C=O) groups excluding carboxylic acids is 3. The summed E-state index contributed by atoms with van der Waals surface area (Å²) in [6.45, 7) is 9.08. The van der Waals surface area contributed by atoms with Crippen molar-refractivity contribution in [2.45, 2.75) is 57.7 Å². The minimum Gasteiger partial charge on any atom is -0.343 e. The molecule has 1 heterocycles. The summed E-state index contributed by atoms with van der Waals surface area (Å²) in [7, 11) is 0. The van der Waals surface area contributed by atoms with Crippen LogP contribution in [-0.2, 0) is 14.4 Å². The smallest absolute Gasteiger partial charge is 0.246 e. The third kappa shape index (κ3) is 6.18. The Hall–Kier alpha value is -1.28. The Bertz CT molecular complexity index is 473. The molecule has 0 aromatic carbocycles. The predicted molar refractivity (Wildman–Crippen MR) is 98.3 cm³/mol. The Morgan fingerprint density at radius 3 is 2.76 bits per heavy atom. The summed E-state index contributed by atoms with van der Waals surface area (Å²) in [5, 5.41) is 12.9. The monoisotopic (exact) mass is 373 g/mol. The summed E-state index contributed by atoms with van der Waals surface area (Å²) in [5.74, 6) is -0.0777. The molecular formula is C17H31N3O4S. The average Bonchev–Trinajstić information content (AvgIpc) is 2.68. The summed E-state index contributed by atoms with van der Waals surface area (Å²) < 4.78 is -0.421. The molecule has 2 unspecified atom stereocenters. The van der Waals surface area contributed by atoms with Gasteiger partial charge in [0.1, 0.15) is 6.04 Å². The van der Waals surface area contributed by atoms with Gasteiger partial charge in [0.05, 0.1) is 12.5 Å². The van der Waals surface area contributed by atoms with Gasteiger partial charge in [-0.1, -0.05) is 19.8 Å². The van der Waals surface area contributed by atoms with Crippen LogP contribution in [-0.4, -0.2) is 69.6 Å². The van der Waals surface area contributed by atoms with Gasteiger partial charge < -0.3 is 10.2 Å². The fourth-order valence-electron chi connectivity index (χ4n) is 2.93. The third-order valence-corrected chi connectivity index (χ3v) is 5.93. The van der Waals surface area contributed by atoms with Crippen molar-refractivity contribution in [2.24, 2.45) is 5.92 Å². The van der Waals surface area contributed by atoms with Gasteiger partial charge in [-0.15, -0.1) is 0 Å². The quantitative estimate of drug-likeness (QED) is 0.363. The standard InChI is InChI=1S/C17H31N3O4S/c1-5-7-8-13(11-20(24)12-21)15(22)18-14-16(23)19(6-2)9-10-25-17(14,3)4/h12-14,24H,5-11H2,1-4H3,(H,18,22). The highest BCUT2D eigenvalue weighted by Crippen LogP contribution is 2.32. The Labute approximate surface area is 154 Å². The molecule has 0 aromatic heterocycles. The van der Waals surface area contributed by atoms with Crippen LogP contribution in [0.5, 0.6) is 0 Å². The maximum absolute atomic E-state index is 12.8. The number of nitrogens with one attached hydrogen (secondary N) is 1. The molecule has 1 rings (SSSR count). The normalized spacial score (nSPS) is 21.4. The topological polar surface area (TPSA) is 90.0 Å². The van der Waals surface area contributed by atoms with Crippen LogP contribution in [0.3, 0.4) is 0 Å². The van der Waals surface area contributed by atoms with Crippen LogP contribution in [0.25, 0.3) is 0 Å². The first-order valence-corrected chi connectivity index (χ1v) is 9.89. The van der Waals surface area contributed by atoms with E-state index in [1.807, 2.05) is 27.7 Å². The second-order valence-electron chi connectivity index (χ2n) is 6.88. The van der Waals surface area contributed by atoms with Gasteiger partial charge in [0.15, 0.2) is 0 Å². The summed E-state index contributed by atoms with van der Waals surface area (Å²) >= 11 is 1.67. The number of nitrogens with zero attached hydrogens (tertiary/aromatic N) is 2. The molecule has 0 spiro atoms. The van der Waals surface area contributed by atoms with E-state index in [-0.39, 0.29) is 18.4 Å². The summed E-state index contributed by atoms with van der Waals surface area (Å²) in [6, 6.07) is -0.625. The zero-order chi connectivity index (χ0) is 19.0. The lowest BCUT2D eigenvalue weighted by molar-refractivity contribution is -0.155. The number of carbonyl (C=O) groups is 3. The number of amides is 3. The van der Waals surface area contributed by atoms with E-state index in [4.69, 9.17) is 0 Å². The van der Waals surface area contributed by atoms with E-state index in [1.54, 1.807) is 16.7 Å². The zero-order valence-electron chi connectivity index (χ0n) is 15.7. The molecule has 3 amide bonds. The maximum atomic E-state index is 12.8. The highest BCUT2D eigenvalue weighted by molar-refractivity contribution is 8.00. The number of hydrogen-bond donors (Lipinski definition) is 2. The van der Waals surface area contributed by atoms with Crippen LogP contribution in [0, 0.1) is 5.92 Å². The molecule has 0 radical (unpaired) electrons. The van der Waals surface area contributed by atoms with Crippen LogP contribution >= 0.6 is 11.8 Å². The molecule has 1 aliphatic heterocycles. The molecule has 8 heteroatoms. The van der Waals surface area contributed by atoms with Crippen molar-refractivity contribution in [1.82, 2.24) is 15.3 Å². The average molecular weight is 374 g/mol. The Balaban J connectivity index is 2.92. The molecule has 0 aromatic rings. The summed E-state index contributed by atoms with van der Waals surface area (Å²) in [5.41, 5.74) is 0. The van der Waals surface area contributed by atoms with Gasteiger partial charge in [-0.05, 0) is 27.2 Å². The Morgan fingerprint density at radius 2 is 2.20 bits per heavy atom. The number of thioether (sulfide) groups is 1. The fraction of sp³-hybridized carbons (Fsp3) is 0.824.